The predicted octanol–water partition coefficient (Wildman–Crippen LogP) is 3.49. The van der Waals surface area contributed by atoms with Crippen molar-refractivity contribution in [1.82, 2.24) is 15.2 Å². The number of anilines is 3. The van der Waals surface area contributed by atoms with Crippen LogP contribution in [-0.2, 0) is 0 Å². The van der Waals surface area contributed by atoms with E-state index < -0.39 is 0 Å². The van der Waals surface area contributed by atoms with Crippen LogP contribution in [0.2, 0.25) is 5.02 Å². The average Bonchev–Trinajstić information content (AvgIpc) is 2.37. The fourth-order valence-electron chi connectivity index (χ4n) is 1.70. The Morgan fingerprint density at radius 3 is 2.67 bits per heavy atom. The molecule has 0 unspecified atom stereocenters. The van der Waals surface area contributed by atoms with Gasteiger partial charge in [-0.25, -0.2) is 0 Å². The molecule has 0 aliphatic carbocycles. The van der Waals surface area contributed by atoms with Gasteiger partial charge in [-0.2, -0.15) is 10.1 Å². The topological polar surface area (TPSA) is 72.0 Å². The SMILES string of the molecule is COc1ccc(Cl)cc1Nc1nncc(NC(C)(C)C)n1. The van der Waals surface area contributed by atoms with E-state index in [1.54, 1.807) is 31.5 Å². The highest BCUT2D eigenvalue weighted by Gasteiger charge is 2.12. The van der Waals surface area contributed by atoms with E-state index in [0.717, 1.165) is 0 Å². The third-order valence-corrected chi connectivity index (χ3v) is 2.70. The van der Waals surface area contributed by atoms with Gasteiger partial charge in [0.05, 0.1) is 19.0 Å². The van der Waals surface area contributed by atoms with Gasteiger partial charge in [0, 0.05) is 10.6 Å². The molecule has 0 saturated carbocycles. The van der Waals surface area contributed by atoms with Gasteiger partial charge >= 0.3 is 0 Å². The van der Waals surface area contributed by atoms with Gasteiger partial charge in [-0.15, -0.1) is 5.10 Å². The summed E-state index contributed by atoms with van der Waals surface area (Å²) in [6, 6.07) is 5.27. The molecule has 1 heterocycles. The third kappa shape index (κ3) is 4.46. The molecule has 112 valence electrons. The van der Waals surface area contributed by atoms with E-state index in [0.29, 0.717) is 28.2 Å². The quantitative estimate of drug-likeness (QED) is 0.901. The van der Waals surface area contributed by atoms with Crippen molar-refractivity contribution in [3.63, 3.8) is 0 Å². The Balaban J connectivity index is 2.24. The minimum atomic E-state index is -0.110. The maximum atomic E-state index is 5.99. The molecule has 1 aromatic heterocycles. The van der Waals surface area contributed by atoms with Crippen LogP contribution in [0.5, 0.6) is 5.75 Å². The summed E-state index contributed by atoms with van der Waals surface area (Å²) < 4.78 is 5.27. The Morgan fingerprint density at radius 1 is 1.24 bits per heavy atom. The van der Waals surface area contributed by atoms with Gasteiger partial charge in [-0.3, -0.25) is 0 Å². The highest BCUT2D eigenvalue weighted by atomic mass is 35.5. The normalized spacial score (nSPS) is 11.1. The van der Waals surface area contributed by atoms with Crippen molar-refractivity contribution in [2.45, 2.75) is 26.3 Å². The van der Waals surface area contributed by atoms with Crippen LogP contribution in [0.1, 0.15) is 20.8 Å². The van der Waals surface area contributed by atoms with Crippen molar-refractivity contribution >= 4 is 29.1 Å². The van der Waals surface area contributed by atoms with E-state index in [-0.39, 0.29) is 5.54 Å². The van der Waals surface area contributed by atoms with E-state index in [9.17, 15) is 0 Å². The van der Waals surface area contributed by atoms with E-state index in [4.69, 9.17) is 16.3 Å². The first kappa shape index (κ1) is 15.3. The van der Waals surface area contributed by atoms with Crippen LogP contribution in [0.3, 0.4) is 0 Å². The standard InChI is InChI=1S/C14H18ClN5O/c1-14(2,3)19-12-8-16-20-13(18-12)17-10-7-9(15)5-6-11(10)21-4/h5-8H,1-4H3,(H2,17,18,19,20). The van der Waals surface area contributed by atoms with Gasteiger partial charge in [-0.1, -0.05) is 11.6 Å². The summed E-state index contributed by atoms with van der Waals surface area (Å²) in [5, 5.41) is 14.8. The molecule has 2 N–H and O–H groups in total. The van der Waals surface area contributed by atoms with Crippen LogP contribution in [0.25, 0.3) is 0 Å². The molecule has 0 radical (unpaired) electrons. The Kier molecular flexibility index (Phi) is 4.47. The molecule has 0 spiro atoms. The molecule has 1 aromatic carbocycles. The minimum absolute atomic E-state index is 0.110. The summed E-state index contributed by atoms with van der Waals surface area (Å²) in [6.45, 7) is 6.13. The van der Waals surface area contributed by atoms with Gasteiger partial charge in [0.2, 0.25) is 5.95 Å². The molecular weight excluding hydrogens is 290 g/mol. The maximum absolute atomic E-state index is 5.99. The minimum Gasteiger partial charge on any atom is -0.495 e. The van der Waals surface area contributed by atoms with Crippen LogP contribution in [0.15, 0.2) is 24.4 Å². The Labute approximate surface area is 128 Å². The van der Waals surface area contributed by atoms with Crippen LogP contribution < -0.4 is 15.4 Å². The zero-order valence-corrected chi connectivity index (χ0v) is 13.2. The monoisotopic (exact) mass is 307 g/mol. The molecule has 2 rings (SSSR count). The number of rotatable bonds is 4. The average molecular weight is 308 g/mol. The number of nitrogens with one attached hydrogen (secondary N) is 2. The summed E-state index contributed by atoms with van der Waals surface area (Å²) in [6.07, 6.45) is 1.58. The summed E-state index contributed by atoms with van der Waals surface area (Å²) in [5.41, 5.74) is 0.570. The second-order valence-corrected chi connectivity index (χ2v) is 5.95. The van der Waals surface area contributed by atoms with Crippen LogP contribution in [0.4, 0.5) is 17.5 Å². The predicted molar refractivity (Wildman–Crippen MR) is 84.5 cm³/mol. The van der Waals surface area contributed by atoms with E-state index in [1.165, 1.54) is 0 Å². The van der Waals surface area contributed by atoms with Gasteiger partial charge in [0.25, 0.3) is 0 Å². The highest BCUT2D eigenvalue weighted by molar-refractivity contribution is 6.30. The summed E-state index contributed by atoms with van der Waals surface area (Å²) in [5.74, 6) is 1.66. The molecule has 0 atom stereocenters. The summed E-state index contributed by atoms with van der Waals surface area (Å²) in [4.78, 5) is 4.36. The molecule has 7 heteroatoms. The first-order valence-electron chi connectivity index (χ1n) is 6.46. The number of hydrogen-bond acceptors (Lipinski definition) is 6. The first-order chi connectivity index (χ1) is 9.87. The smallest absolute Gasteiger partial charge is 0.249 e. The lowest BCUT2D eigenvalue weighted by molar-refractivity contribution is 0.417. The molecule has 21 heavy (non-hydrogen) atoms. The van der Waals surface area contributed by atoms with Crippen molar-refractivity contribution in [2.75, 3.05) is 17.7 Å². The molecule has 0 amide bonds. The van der Waals surface area contributed by atoms with E-state index in [2.05, 4.69) is 25.8 Å². The lowest BCUT2D eigenvalue weighted by Crippen LogP contribution is -2.27. The van der Waals surface area contributed by atoms with E-state index >= 15 is 0 Å². The van der Waals surface area contributed by atoms with E-state index in [1.807, 2.05) is 20.8 Å². The second-order valence-electron chi connectivity index (χ2n) is 5.51. The molecule has 0 saturated heterocycles. The number of hydrogen-bond donors (Lipinski definition) is 2. The molecule has 0 aliphatic rings. The number of ether oxygens (including phenoxy) is 1. The Morgan fingerprint density at radius 2 is 2.00 bits per heavy atom. The van der Waals surface area contributed by atoms with Crippen LogP contribution in [0, 0.1) is 0 Å². The highest BCUT2D eigenvalue weighted by Crippen LogP contribution is 2.29. The maximum Gasteiger partial charge on any atom is 0.249 e. The molecule has 0 aliphatic heterocycles. The van der Waals surface area contributed by atoms with Crippen LogP contribution >= 0.6 is 11.6 Å². The fourth-order valence-corrected chi connectivity index (χ4v) is 1.87. The van der Waals surface area contributed by atoms with Gasteiger partial charge in [0.1, 0.15) is 5.75 Å². The van der Waals surface area contributed by atoms with Gasteiger partial charge < -0.3 is 15.4 Å². The molecular formula is C14H18ClN5O. The fraction of sp³-hybridized carbons (Fsp3) is 0.357. The summed E-state index contributed by atoms with van der Waals surface area (Å²) in [7, 11) is 1.59. The third-order valence-electron chi connectivity index (χ3n) is 2.47. The van der Waals surface area contributed by atoms with Crippen molar-refractivity contribution in [3.05, 3.63) is 29.4 Å². The Bertz CT molecular complexity index is 627. The number of aromatic nitrogens is 3. The van der Waals surface area contributed by atoms with Crippen molar-refractivity contribution in [3.8, 4) is 5.75 Å². The van der Waals surface area contributed by atoms with Crippen molar-refractivity contribution in [1.29, 1.82) is 0 Å². The lowest BCUT2D eigenvalue weighted by atomic mass is 10.1. The largest absolute Gasteiger partial charge is 0.495 e. The van der Waals surface area contributed by atoms with Crippen molar-refractivity contribution < 1.29 is 4.74 Å². The molecule has 2 aromatic rings. The number of halogens is 1. The number of methoxy groups -OCH3 is 1. The van der Waals surface area contributed by atoms with Gasteiger partial charge in [0.15, 0.2) is 5.82 Å². The second kappa shape index (κ2) is 6.13. The van der Waals surface area contributed by atoms with Crippen molar-refractivity contribution in [2.24, 2.45) is 0 Å². The number of benzene rings is 1. The van der Waals surface area contributed by atoms with Crippen LogP contribution in [-0.4, -0.2) is 27.8 Å². The summed E-state index contributed by atoms with van der Waals surface area (Å²) >= 11 is 5.99. The molecule has 0 fully saturated rings. The first-order valence-corrected chi connectivity index (χ1v) is 6.84. The zero-order chi connectivity index (χ0) is 15.5. The zero-order valence-electron chi connectivity index (χ0n) is 12.4. The lowest BCUT2D eigenvalue weighted by Gasteiger charge is -2.21. The Hall–Kier alpha value is -2.08. The number of nitrogens with zero attached hydrogens (tertiary/aromatic N) is 3. The molecule has 0 bridgehead atoms. The molecule has 6 nitrogen and oxygen atoms in total. The van der Waals surface area contributed by atoms with Gasteiger partial charge in [-0.05, 0) is 39.0 Å².